The summed E-state index contributed by atoms with van der Waals surface area (Å²) in [7, 11) is 0. The second-order valence-electron chi connectivity index (χ2n) is 7.59. The van der Waals surface area contributed by atoms with E-state index < -0.39 is 5.60 Å². The first-order chi connectivity index (χ1) is 13.5. The van der Waals surface area contributed by atoms with Crippen LogP contribution in [0.4, 0.5) is 0 Å². The number of likely N-dealkylation sites (tertiary alicyclic amines) is 1. The fraction of sp³-hybridized carbons (Fsp3) is 0.500. The highest BCUT2D eigenvalue weighted by Crippen LogP contribution is 2.44. The Bertz CT molecular complexity index is 873. The molecule has 0 saturated carbocycles. The molecule has 0 radical (unpaired) electrons. The van der Waals surface area contributed by atoms with Crippen LogP contribution in [0.3, 0.4) is 0 Å². The molecule has 4 heterocycles. The third-order valence-corrected chi connectivity index (χ3v) is 6.53. The third kappa shape index (κ3) is 3.54. The van der Waals surface area contributed by atoms with Gasteiger partial charge in [0.25, 0.3) is 11.8 Å². The number of aromatic nitrogens is 2. The van der Waals surface area contributed by atoms with Gasteiger partial charge in [0.1, 0.15) is 0 Å². The van der Waals surface area contributed by atoms with E-state index >= 15 is 0 Å². The largest absolute Gasteiger partial charge is 0.370 e. The van der Waals surface area contributed by atoms with Gasteiger partial charge in [-0.15, -0.1) is 11.3 Å². The van der Waals surface area contributed by atoms with Gasteiger partial charge in [-0.2, -0.15) is 10.2 Å². The van der Waals surface area contributed by atoms with Crippen LogP contribution in [-0.2, 0) is 16.8 Å². The number of fused-ring (bicyclic) bond motifs is 2. The van der Waals surface area contributed by atoms with E-state index in [9.17, 15) is 9.59 Å². The minimum atomic E-state index is -0.395. The Morgan fingerprint density at radius 3 is 2.75 bits per heavy atom. The van der Waals surface area contributed by atoms with Crippen LogP contribution in [0.2, 0.25) is 0 Å². The summed E-state index contributed by atoms with van der Waals surface area (Å²) in [5, 5.41) is 10.5. The number of nitrogens with one attached hydrogen (secondary N) is 1. The number of amides is 2. The number of hydrogen-bond donors (Lipinski definition) is 1. The SMILES string of the molecule is CC(C)NC(=O)c1cc2c(s1)CCOC21CCN(C(=O)c2ccnnc2)CC1. The molecule has 1 saturated heterocycles. The Morgan fingerprint density at radius 2 is 2.07 bits per heavy atom. The lowest BCUT2D eigenvalue weighted by Gasteiger charge is -2.44. The number of carbonyl (C=O) groups is 2. The molecule has 0 unspecified atom stereocenters. The van der Waals surface area contributed by atoms with E-state index in [2.05, 4.69) is 15.5 Å². The van der Waals surface area contributed by atoms with Crippen LogP contribution in [0.25, 0.3) is 0 Å². The van der Waals surface area contributed by atoms with Gasteiger partial charge in [-0.05, 0) is 44.4 Å². The van der Waals surface area contributed by atoms with Crippen molar-refractivity contribution in [2.45, 2.75) is 44.8 Å². The van der Waals surface area contributed by atoms with Gasteiger partial charge >= 0.3 is 0 Å². The van der Waals surface area contributed by atoms with Gasteiger partial charge < -0.3 is 15.0 Å². The highest BCUT2D eigenvalue weighted by molar-refractivity contribution is 7.14. The maximum absolute atomic E-state index is 12.7. The van der Waals surface area contributed by atoms with Crippen LogP contribution in [0.15, 0.2) is 24.5 Å². The van der Waals surface area contributed by atoms with Crippen molar-refractivity contribution in [2.75, 3.05) is 19.7 Å². The molecule has 1 N–H and O–H groups in total. The van der Waals surface area contributed by atoms with Crippen molar-refractivity contribution in [1.82, 2.24) is 20.4 Å². The molecular weight excluding hydrogens is 376 g/mol. The molecule has 1 fully saturated rings. The molecule has 0 aliphatic carbocycles. The molecule has 0 bridgehead atoms. The molecule has 7 nitrogen and oxygen atoms in total. The Kier molecular flexibility index (Phi) is 5.16. The van der Waals surface area contributed by atoms with E-state index in [-0.39, 0.29) is 17.9 Å². The van der Waals surface area contributed by atoms with E-state index in [1.54, 1.807) is 17.4 Å². The van der Waals surface area contributed by atoms with Crippen LogP contribution in [0.1, 0.15) is 57.2 Å². The highest BCUT2D eigenvalue weighted by Gasteiger charge is 2.43. The van der Waals surface area contributed by atoms with E-state index in [0.717, 1.165) is 29.7 Å². The monoisotopic (exact) mass is 400 g/mol. The van der Waals surface area contributed by atoms with Crippen molar-refractivity contribution in [3.63, 3.8) is 0 Å². The summed E-state index contributed by atoms with van der Waals surface area (Å²) >= 11 is 1.57. The lowest BCUT2D eigenvalue weighted by molar-refractivity contribution is -0.0926. The summed E-state index contributed by atoms with van der Waals surface area (Å²) in [5.74, 6) is -0.0505. The Labute approximate surface area is 168 Å². The van der Waals surface area contributed by atoms with E-state index in [4.69, 9.17) is 4.74 Å². The molecular formula is C20H24N4O3S. The first-order valence-electron chi connectivity index (χ1n) is 9.62. The minimum Gasteiger partial charge on any atom is -0.370 e. The van der Waals surface area contributed by atoms with Crippen LogP contribution < -0.4 is 5.32 Å². The van der Waals surface area contributed by atoms with E-state index in [1.807, 2.05) is 24.8 Å². The average molecular weight is 401 g/mol. The Balaban J connectivity index is 1.51. The smallest absolute Gasteiger partial charge is 0.261 e. The van der Waals surface area contributed by atoms with Crippen LogP contribution in [0, 0.1) is 0 Å². The van der Waals surface area contributed by atoms with E-state index in [0.29, 0.717) is 25.3 Å². The Morgan fingerprint density at radius 1 is 1.29 bits per heavy atom. The van der Waals surface area contributed by atoms with Crippen molar-refractivity contribution >= 4 is 23.2 Å². The third-order valence-electron chi connectivity index (χ3n) is 5.34. The van der Waals surface area contributed by atoms with Crippen molar-refractivity contribution in [3.8, 4) is 0 Å². The second-order valence-corrected chi connectivity index (χ2v) is 8.73. The molecule has 1 spiro atoms. The molecule has 8 heteroatoms. The highest BCUT2D eigenvalue weighted by atomic mass is 32.1. The van der Waals surface area contributed by atoms with Gasteiger partial charge in [0.15, 0.2) is 0 Å². The van der Waals surface area contributed by atoms with Crippen LogP contribution >= 0.6 is 11.3 Å². The summed E-state index contributed by atoms with van der Waals surface area (Å²) in [5.41, 5.74) is 1.29. The molecule has 148 valence electrons. The number of piperidine rings is 1. The summed E-state index contributed by atoms with van der Waals surface area (Å²) in [6.07, 6.45) is 5.32. The van der Waals surface area contributed by atoms with Crippen molar-refractivity contribution < 1.29 is 14.3 Å². The minimum absolute atomic E-state index is 0.0249. The zero-order valence-corrected chi connectivity index (χ0v) is 16.9. The van der Waals surface area contributed by atoms with Gasteiger partial charge in [-0.25, -0.2) is 0 Å². The fourth-order valence-corrected chi connectivity index (χ4v) is 5.08. The predicted molar refractivity (Wildman–Crippen MR) is 105 cm³/mol. The summed E-state index contributed by atoms with van der Waals surface area (Å²) in [6, 6.07) is 3.79. The number of hydrogen-bond acceptors (Lipinski definition) is 6. The summed E-state index contributed by atoms with van der Waals surface area (Å²) in [6.45, 7) is 5.80. The van der Waals surface area contributed by atoms with E-state index in [1.165, 1.54) is 17.3 Å². The van der Waals surface area contributed by atoms with Crippen molar-refractivity contribution in [1.29, 1.82) is 0 Å². The first-order valence-corrected chi connectivity index (χ1v) is 10.4. The predicted octanol–water partition coefficient (Wildman–Crippen LogP) is 2.38. The fourth-order valence-electron chi connectivity index (χ4n) is 3.95. The summed E-state index contributed by atoms with van der Waals surface area (Å²) in [4.78, 5) is 28.9. The molecule has 28 heavy (non-hydrogen) atoms. The number of rotatable bonds is 3. The van der Waals surface area contributed by atoms with Crippen LogP contribution in [-0.4, -0.2) is 52.6 Å². The molecule has 2 aromatic heterocycles. The molecule has 2 aliphatic heterocycles. The van der Waals surface area contributed by atoms with Gasteiger partial charge in [-0.3, -0.25) is 9.59 Å². The number of nitrogens with zero attached hydrogens (tertiary/aromatic N) is 3. The van der Waals surface area contributed by atoms with Crippen LogP contribution in [0.5, 0.6) is 0 Å². The second kappa shape index (κ2) is 7.60. The standard InChI is InChI=1S/C20H24N4O3S/c1-13(2)23-18(25)17-11-15-16(28-17)4-10-27-20(15)5-8-24(9-6-20)19(26)14-3-7-21-22-12-14/h3,7,11-13H,4-6,8-10H2,1-2H3,(H,23,25). The molecule has 0 atom stereocenters. The Hall–Kier alpha value is -2.32. The zero-order chi connectivity index (χ0) is 19.7. The first kappa shape index (κ1) is 19.0. The maximum atomic E-state index is 12.7. The molecule has 2 aliphatic rings. The topological polar surface area (TPSA) is 84.4 Å². The van der Waals surface area contributed by atoms with Gasteiger partial charge in [0, 0.05) is 30.4 Å². The normalized spacial score (nSPS) is 18.2. The van der Waals surface area contributed by atoms with Gasteiger partial charge in [0.05, 0.1) is 35.0 Å². The number of carbonyl (C=O) groups excluding carboxylic acids is 2. The molecule has 2 amide bonds. The lowest BCUT2D eigenvalue weighted by Crippen LogP contribution is -2.48. The molecule has 4 rings (SSSR count). The van der Waals surface area contributed by atoms with Crippen molar-refractivity contribution in [2.24, 2.45) is 0 Å². The van der Waals surface area contributed by atoms with Gasteiger partial charge in [-0.1, -0.05) is 0 Å². The van der Waals surface area contributed by atoms with Crippen molar-refractivity contribution in [3.05, 3.63) is 45.4 Å². The lowest BCUT2D eigenvalue weighted by atomic mass is 9.82. The average Bonchev–Trinajstić information content (AvgIpc) is 3.15. The van der Waals surface area contributed by atoms with Gasteiger partial charge in [0.2, 0.25) is 0 Å². The maximum Gasteiger partial charge on any atom is 0.261 e. The molecule has 0 aromatic carbocycles. The number of ether oxygens (including phenoxy) is 1. The quantitative estimate of drug-likeness (QED) is 0.855. The molecule has 2 aromatic rings. The summed E-state index contributed by atoms with van der Waals surface area (Å²) < 4.78 is 6.26. The number of thiophene rings is 1. The zero-order valence-electron chi connectivity index (χ0n) is 16.1.